The van der Waals surface area contributed by atoms with E-state index < -0.39 is 36.2 Å². The molecule has 0 saturated carbocycles. The molecule has 0 aliphatic rings. The Morgan fingerprint density at radius 2 is 1.80 bits per heavy atom. The van der Waals surface area contributed by atoms with Gasteiger partial charge in [-0.1, -0.05) is 30.3 Å². The summed E-state index contributed by atoms with van der Waals surface area (Å²) in [5.74, 6) is -1.56. The summed E-state index contributed by atoms with van der Waals surface area (Å²) in [6.45, 7) is 0.888. The van der Waals surface area contributed by atoms with E-state index in [1.54, 1.807) is 55.7 Å². The summed E-state index contributed by atoms with van der Waals surface area (Å²) in [6.07, 6.45) is 2.87. The van der Waals surface area contributed by atoms with Gasteiger partial charge in [-0.3, -0.25) is 9.59 Å². The van der Waals surface area contributed by atoms with E-state index in [1.807, 2.05) is 0 Å². The molecule has 7 nitrogen and oxygen atoms in total. The third-order valence-corrected chi connectivity index (χ3v) is 4.03. The van der Waals surface area contributed by atoms with Crippen LogP contribution in [0.4, 0.5) is 4.39 Å². The number of rotatable bonds is 9. The lowest BCUT2D eigenvalue weighted by Crippen LogP contribution is -2.40. The van der Waals surface area contributed by atoms with E-state index in [0.29, 0.717) is 11.3 Å². The van der Waals surface area contributed by atoms with E-state index in [-0.39, 0.29) is 6.54 Å². The predicted molar refractivity (Wildman–Crippen MR) is 109 cm³/mol. The Labute approximate surface area is 173 Å². The fourth-order valence-electron chi connectivity index (χ4n) is 2.36. The molecule has 0 heterocycles. The van der Waals surface area contributed by atoms with Crippen LogP contribution in [-0.4, -0.2) is 37.5 Å². The van der Waals surface area contributed by atoms with Crippen molar-refractivity contribution in [1.29, 1.82) is 0 Å². The van der Waals surface area contributed by atoms with Crippen LogP contribution in [0.25, 0.3) is 6.08 Å². The lowest BCUT2D eigenvalue weighted by atomic mass is 10.2. The van der Waals surface area contributed by atoms with Gasteiger partial charge in [-0.25, -0.2) is 9.18 Å². The van der Waals surface area contributed by atoms with Crippen LogP contribution in [0.3, 0.4) is 0 Å². The molecule has 2 aromatic carbocycles. The Morgan fingerprint density at radius 1 is 1.10 bits per heavy atom. The van der Waals surface area contributed by atoms with Gasteiger partial charge in [-0.05, 0) is 36.8 Å². The Hall–Kier alpha value is -3.68. The second-order valence-electron chi connectivity index (χ2n) is 6.31. The zero-order valence-electron chi connectivity index (χ0n) is 16.7. The number of hydrogen-bond donors (Lipinski definition) is 2. The number of halogens is 1. The van der Waals surface area contributed by atoms with Crippen molar-refractivity contribution in [1.82, 2.24) is 10.6 Å². The molecule has 0 aromatic heterocycles. The van der Waals surface area contributed by atoms with Crippen molar-refractivity contribution >= 4 is 23.9 Å². The number of amides is 2. The summed E-state index contributed by atoms with van der Waals surface area (Å²) in [6, 6.07) is 12.2. The number of nitrogens with one attached hydrogen (secondary N) is 2. The summed E-state index contributed by atoms with van der Waals surface area (Å²) in [5.41, 5.74) is 1.11. The van der Waals surface area contributed by atoms with Gasteiger partial charge in [-0.15, -0.1) is 0 Å². The summed E-state index contributed by atoms with van der Waals surface area (Å²) in [7, 11) is 1.56. The number of esters is 1. The molecular weight excluding hydrogens is 391 g/mol. The highest BCUT2D eigenvalue weighted by Gasteiger charge is 2.17. The van der Waals surface area contributed by atoms with Gasteiger partial charge in [0, 0.05) is 18.2 Å². The second-order valence-corrected chi connectivity index (χ2v) is 6.31. The third-order valence-electron chi connectivity index (χ3n) is 4.03. The summed E-state index contributed by atoms with van der Waals surface area (Å²) >= 11 is 0. The average Bonchev–Trinajstić information content (AvgIpc) is 2.75. The highest BCUT2D eigenvalue weighted by molar-refractivity contribution is 5.94. The van der Waals surface area contributed by atoms with Crippen molar-refractivity contribution < 1.29 is 28.2 Å². The topological polar surface area (TPSA) is 93.7 Å². The van der Waals surface area contributed by atoms with Gasteiger partial charge >= 0.3 is 5.97 Å². The van der Waals surface area contributed by atoms with Crippen LogP contribution < -0.4 is 15.4 Å². The van der Waals surface area contributed by atoms with Crippen molar-refractivity contribution in [2.45, 2.75) is 19.5 Å². The molecular formula is C22H23FN2O5. The molecule has 0 saturated heterocycles. The minimum atomic E-state index is -0.947. The van der Waals surface area contributed by atoms with Crippen LogP contribution >= 0.6 is 0 Å². The largest absolute Gasteiger partial charge is 0.497 e. The van der Waals surface area contributed by atoms with Crippen LogP contribution in [0.5, 0.6) is 5.75 Å². The molecule has 2 N–H and O–H groups in total. The molecule has 30 heavy (non-hydrogen) atoms. The van der Waals surface area contributed by atoms with E-state index in [0.717, 1.165) is 5.56 Å². The van der Waals surface area contributed by atoms with Gasteiger partial charge in [0.05, 0.1) is 7.11 Å². The molecule has 0 unspecified atom stereocenters. The molecule has 8 heteroatoms. The molecule has 2 amide bonds. The number of ether oxygens (including phenoxy) is 2. The standard InChI is InChI=1S/C22H23FN2O5/c1-15(25-20(26)12-9-16-7-10-18(29-2)11-8-16)22(28)30-14-21(27)24-13-17-5-3-4-6-19(17)23/h3-12,15H,13-14H2,1-2H3,(H,24,27)(H,25,26)/b12-9+/t15-/m0/s1. The van der Waals surface area contributed by atoms with Crippen molar-refractivity contribution in [2.75, 3.05) is 13.7 Å². The number of methoxy groups -OCH3 is 1. The highest BCUT2D eigenvalue weighted by Crippen LogP contribution is 2.12. The first kappa shape index (κ1) is 22.6. The van der Waals surface area contributed by atoms with E-state index in [1.165, 1.54) is 19.1 Å². The fraction of sp³-hybridized carbons (Fsp3) is 0.227. The Bertz CT molecular complexity index is 912. The van der Waals surface area contributed by atoms with Crippen LogP contribution in [0, 0.1) is 5.82 Å². The first-order valence-electron chi connectivity index (χ1n) is 9.18. The molecule has 0 aliphatic carbocycles. The summed E-state index contributed by atoms with van der Waals surface area (Å²) in [5, 5.41) is 4.91. The maximum absolute atomic E-state index is 13.5. The van der Waals surface area contributed by atoms with Crippen molar-refractivity contribution in [3.05, 3.63) is 71.6 Å². The minimum Gasteiger partial charge on any atom is -0.497 e. The van der Waals surface area contributed by atoms with E-state index in [9.17, 15) is 18.8 Å². The Morgan fingerprint density at radius 3 is 2.47 bits per heavy atom. The van der Waals surface area contributed by atoms with Gasteiger partial charge in [0.2, 0.25) is 5.91 Å². The smallest absolute Gasteiger partial charge is 0.328 e. The molecule has 0 radical (unpaired) electrons. The van der Waals surface area contributed by atoms with Crippen LogP contribution in [0.2, 0.25) is 0 Å². The maximum atomic E-state index is 13.5. The van der Waals surface area contributed by atoms with Gasteiger partial charge in [0.15, 0.2) is 6.61 Å². The normalized spacial score (nSPS) is 11.6. The van der Waals surface area contributed by atoms with Crippen molar-refractivity contribution in [2.24, 2.45) is 0 Å². The fourth-order valence-corrected chi connectivity index (χ4v) is 2.36. The van der Waals surface area contributed by atoms with Crippen LogP contribution in [0.15, 0.2) is 54.6 Å². The maximum Gasteiger partial charge on any atom is 0.328 e. The summed E-state index contributed by atoms with van der Waals surface area (Å²) < 4.78 is 23.4. The monoisotopic (exact) mass is 414 g/mol. The van der Waals surface area contributed by atoms with E-state index in [2.05, 4.69) is 10.6 Å². The SMILES string of the molecule is COc1ccc(/C=C/C(=O)N[C@@H](C)C(=O)OCC(=O)NCc2ccccc2F)cc1. The number of carbonyl (C=O) groups excluding carboxylic acids is 3. The van der Waals surface area contributed by atoms with Crippen molar-refractivity contribution in [3.63, 3.8) is 0 Å². The molecule has 0 spiro atoms. The van der Waals surface area contributed by atoms with E-state index in [4.69, 9.17) is 9.47 Å². The first-order chi connectivity index (χ1) is 14.4. The zero-order valence-corrected chi connectivity index (χ0v) is 16.7. The zero-order chi connectivity index (χ0) is 21.9. The molecule has 0 bridgehead atoms. The average molecular weight is 414 g/mol. The van der Waals surface area contributed by atoms with Gasteiger partial charge < -0.3 is 20.1 Å². The third kappa shape index (κ3) is 7.38. The molecule has 2 aromatic rings. The van der Waals surface area contributed by atoms with Gasteiger partial charge in [-0.2, -0.15) is 0 Å². The van der Waals surface area contributed by atoms with Crippen LogP contribution in [-0.2, 0) is 25.7 Å². The first-order valence-corrected chi connectivity index (χ1v) is 9.18. The molecule has 1 atom stereocenters. The van der Waals surface area contributed by atoms with Crippen molar-refractivity contribution in [3.8, 4) is 5.75 Å². The van der Waals surface area contributed by atoms with Crippen LogP contribution in [0.1, 0.15) is 18.1 Å². The Balaban J connectivity index is 1.72. The quantitative estimate of drug-likeness (QED) is 0.485. The molecule has 2 rings (SSSR count). The lowest BCUT2D eigenvalue weighted by Gasteiger charge is -2.12. The van der Waals surface area contributed by atoms with Gasteiger partial charge in [0.25, 0.3) is 5.91 Å². The number of hydrogen-bond acceptors (Lipinski definition) is 5. The summed E-state index contributed by atoms with van der Waals surface area (Å²) in [4.78, 5) is 35.6. The van der Waals surface area contributed by atoms with E-state index >= 15 is 0 Å². The second kappa shape index (κ2) is 11.4. The predicted octanol–water partition coefficient (Wildman–Crippen LogP) is 2.21. The highest BCUT2D eigenvalue weighted by atomic mass is 19.1. The number of benzene rings is 2. The molecule has 0 fully saturated rings. The lowest BCUT2D eigenvalue weighted by molar-refractivity contribution is -0.151. The molecule has 0 aliphatic heterocycles. The number of carbonyl (C=O) groups is 3. The Kier molecular flexibility index (Phi) is 8.56. The minimum absolute atomic E-state index is 0.0223. The van der Waals surface area contributed by atoms with Gasteiger partial charge in [0.1, 0.15) is 17.6 Å². The molecule has 158 valence electrons.